The van der Waals surface area contributed by atoms with Crippen molar-refractivity contribution in [3.8, 4) is 11.3 Å². The van der Waals surface area contributed by atoms with Crippen molar-refractivity contribution >= 4 is 5.52 Å². The number of hydrogen-bond acceptors (Lipinski definition) is 0. The van der Waals surface area contributed by atoms with Crippen LogP contribution in [0, 0.1) is 6.92 Å². The Labute approximate surface area is 136 Å². The van der Waals surface area contributed by atoms with Gasteiger partial charge in [0, 0.05) is 17.3 Å². The molecule has 0 amide bonds. The van der Waals surface area contributed by atoms with Crippen LogP contribution in [0.25, 0.3) is 16.8 Å². The van der Waals surface area contributed by atoms with E-state index in [2.05, 4.69) is 96.4 Å². The highest BCUT2D eigenvalue weighted by atomic mass is 14.9. The molecule has 23 heavy (non-hydrogen) atoms. The highest BCUT2D eigenvalue weighted by Gasteiger charge is 2.09. The molecule has 0 saturated carbocycles. The number of nitrogens with zero attached hydrogens (tertiary/aromatic N) is 1. The molecule has 0 fully saturated rings. The number of rotatable bonds is 3. The number of hydrogen-bond donors (Lipinski definition) is 0. The number of pyridine rings is 1. The zero-order valence-electron chi connectivity index (χ0n) is 13.2. The monoisotopic (exact) mass is 297 g/mol. The molecule has 4 aromatic rings. The minimum absolute atomic E-state index is 0.955. The molecule has 112 valence electrons. The molecule has 4 rings (SSSR count). The van der Waals surface area contributed by atoms with Crippen LogP contribution in [0.3, 0.4) is 0 Å². The van der Waals surface area contributed by atoms with Gasteiger partial charge in [0.2, 0.25) is 0 Å². The lowest BCUT2D eigenvalue weighted by Gasteiger charge is -2.10. The second kappa shape index (κ2) is 5.77. The summed E-state index contributed by atoms with van der Waals surface area (Å²) in [5.74, 6) is 0. The van der Waals surface area contributed by atoms with Gasteiger partial charge < -0.3 is 4.40 Å². The van der Waals surface area contributed by atoms with Crippen molar-refractivity contribution in [2.75, 3.05) is 0 Å². The lowest BCUT2D eigenvalue weighted by atomic mass is 9.97. The highest BCUT2D eigenvalue weighted by Crippen LogP contribution is 2.27. The molecule has 1 nitrogen and oxygen atoms in total. The molecule has 2 aromatic heterocycles. The fourth-order valence-electron chi connectivity index (χ4n) is 3.13. The first-order chi connectivity index (χ1) is 11.3. The van der Waals surface area contributed by atoms with Crippen molar-refractivity contribution in [3.05, 3.63) is 102 Å². The van der Waals surface area contributed by atoms with Gasteiger partial charge in [-0.05, 0) is 48.7 Å². The van der Waals surface area contributed by atoms with Gasteiger partial charge in [0.25, 0.3) is 0 Å². The molecule has 0 unspecified atom stereocenters. The van der Waals surface area contributed by atoms with Crippen LogP contribution in [0.5, 0.6) is 0 Å². The second-order valence-corrected chi connectivity index (χ2v) is 6.03. The number of aryl methyl sites for hydroxylation is 1. The standard InChI is InChI=1S/C22H19N/c1-17-9-11-18(12-10-17)16-19-6-2-3-8-21(19)22-14-13-20-7-4-5-15-23(20)22/h2-15H,16H2,1H3. The molecular weight excluding hydrogens is 278 g/mol. The predicted molar refractivity (Wildman–Crippen MR) is 96.8 cm³/mol. The Morgan fingerprint density at radius 3 is 2.39 bits per heavy atom. The zero-order valence-corrected chi connectivity index (χ0v) is 13.2. The van der Waals surface area contributed by atoms with E-state index in [0.29, 0.717) is 0 Å². The predicted octanol–water partition coefficient (Wildman–Crippen LogP) is 5.51. The van der Waals surface area contributed by atoms with E-state index in [4.69, 9.17) is 0 Å². The maximum Gasteiger partial charge on any atom is 0.0531 e. The molecule has 0 atom stereocenters. The van der Waals surface area contributed by atoms with Gasteiger partial charge in [-0.2, -0.15) is 0 Å². The average molecular weight is 297 g/mol. The summed E-state index contributed by atoms with van der Waals surface area (Å²) in [4.78, 5) is 0. The lowest BCUT2D eigenvalue weighted by Crippen LogP contribution is -1.95. The van der Waals surface area contributed by atoms with Gasteiger partial charge in [0.05, 0.1) is 5.69 Å². The van der Waals surface area contributed by atoms with Crippen LogP contribution in [0.15, 0.2) is 85.1 Å². The maximum atomic E-state index is 2.26. The molecule has 2 aromatic carbocycles. The van der Waals surface area contributed by atoms with E-state index in [0.717, 1.165) is 6.42 Å². The molecule has 1 heteroatoms. The van der Waals surface area contributed by atoms with Gasteiger partial charge in [-0.15, -0.1) is 0 Å². The number of aromatic nitrogens is 1. The summed E-state index contributed by atoms with van der Waals surface area (Å²) in [6.07, 6.45) is 3.09. The fourth-order valence-corrected chi connectivity index (χ4v) is 3.13. The quantitative estimate of drug-likeness (QED) is 0.470. The van der Waals surface area contributed by atoms with Crippen LogP contribution >= 0.6 is 0 Å². The smallest absolute Gasteiger partial charge is 0.0531 e. The van der Waals surface area contributed by atoms with Gasteiger partial charge >= 0.3 is 0 Å². The summed E-state index contributed by atoms with van der Waals surface area (Å²) in [5.41, 5.74) is 7.80. The largest absolute Gasteiger partial charge is 0.317 e. The third-order valence-corrected chi connectivity index (χ3v) is 4.37. The van der Waals surface area contributed by atoms with Gasteiger partial charge in [-0.25, -0.2) is 0 Å². The van der Waals surface area contributed by atoms with E-state index in [1.165, 1.54) is 33.5 Å². The molecule has 0 aliphatic rings. The van der Waals surface area contributed by atoms with Crippen molar-refractivity contribution in [2.24, 2.45) is 0 Å². The van der Waals surface area contributed by atoms with Gasteiger partial charge in [-0.3, -0.25) is 0 Å². The average Bonchev–Trinajstić information content (AvgIpc) is 3.01. The van der Waals surface area contributed by atoms with E-state index >= 15 is 0 Å². The van der Waals surface area contributed by atoms with Crippen molar-refractivity contribution in [1.29, 1.82) is 0 Å². The molecule has 0 radical (unpaired) electrons. The summed E-state index contributed by atoms with van der Waals surface area (Å²) in [7, 11) is 0. The number of benzene rings is 2. The molecule has 0 bridgehead atoms. The highest BCUT2D eigenvalue weighted by molar-refractivity contribution is 5.70. The Kier molecular flexibility index (Phi) is 3.47. The normalized spacial score (nSPS) is 11.0. The van der Waals surface area contributed by atoms with Crippen LogP contribution in [-0.2, 0) is 6.42 Å². The third-order valence-electron chi connectivity index (χ3n) is 4.37. The van der Waals surface area contributed by atoms with E-state index in [1.807, 2.05) is 0 Å². The Morgan fingerprint density at radius 1 is 0.739 bits per heavy atom. The minimum Gasteiger partial charge on any atom is -0.317 e. The molecule has 2 heterocycles. The molecule has 0 N–H and O–H groups in total. The van der Waals surface area contributed by atoms with E-state index in [9.17, 15) is 0 Å². The molecular formula is C22H19N. The van der Waals surface area contributed by atoms with Gasteiger partial charge in [-0.1, -0.05) is 60.2 Å². The SMILES string of the molecule is Cc1ccc(Cc2ccccc2-c2ccc3ccccn23)cc1. The van der Waals surface area contributed by atoms with Crippen molar-refractivity contribution < 1.29 is 0 Å². The molecule has 0 aliphatic carbocycles. The maximum absolute atomic E-state index is 2.26. The topological polar surface area (TPSA) is 4.41 Å². The molecule has 0 saturated heterocycles. The van der Waals surface area contributed by atoms with Crippen LogP contribution < -0.4 is 0 Å². The Hall–Kier alpha value is -2.80. The van der Waals surface area contributed by atoms with Crippen molar-refractivity contribution in [3.63, 3.8) is 0 Å². The summed E-state index contributed by atoms with van der Waals surface area (Å²) >= 11 is 0. The zero-order chi connectivity index (χ0) is 15.6. The van der Waals surface area contributed by atoms with E-state index < -0.39 is 0 Å². The first kappa shape index (κ1) is 13.8. The summed E-state index contributed by atoms with van der Waals surface area (Å²) < 4.78 is 2.26. The van der Waals surface area contributed by atoms with E-state index in [-0.39, 0.29) is 0 Å². The Balaban J connectivity index is 1.79. The third kappa shape index (κ3) is 2.66. The van der Waals surface area contributed by atoms with Gasteiger partial charge in [0.15, 0.2) is 0 Å². The number of fused-ring (bicyclic) bond motifs is 1. The first-order valence-corrected chi connectivity index (χ1v) is 8.01. The van der Waals surface area contributed by atoms with Crippen molar-refractivity contribution in [1.82, 2.24) is 4.40 Å². The Morgan fingerprint density at radius 2 is 1.52 bits per heavy atom. The summed E-state index contributed by atoms with van der Waals surface area (Å²) in [6.45, 7) is 2.13. The Bertz CT molecular complexity index is 945. The van der Waals surface area contributed by atoms with Crippen LogP contribution in [-0.4, -0.2) is 4.40 Å². The summed E-state index contributed by atoms with van der Waals surface area (Å²) in [6, 6.07) is 28.2. The van der Waals surface area contributed by atoms with E-state index in [1.54, 1.807) is 0 Å². The lowest BCUT2D eigenvalue weighted by molar-refractivity contribution is 1.16. The van der Waals surface area contributed by atoms with Crippen LogP contribution in [0.2, 0.25) is 0 Å². The molecule has 0 aliphatic heterocycles. The second-order valence-electron chi connectivity index (χ2n) is 6.03. The van der Waals surface area contributed by atoms with Gasteiger partial charge in [0.1, 0.15) is 0 Å². The van der Waals surface area contributed by atoms with Crippen LogP contribution in [0.4, 0.5) is 0 Å². The van der Waals surface area contributed by atoms with Crippen molar-refractivity contribution in [2.45, 2.75) is 13.3 Å². The van der Waals surface area contributed by atoms with Crippen LogP contribution in [0.1, 0.15) is 16.7 Å². The molecule has 0 spiro atoms. The summed E-state index contributed by atoms with van der Waals surface area (Å²) in [5, 5.41) is 0. The first-order valence-electron chi connectivity index (χ1n) is 8.01. The minimum atomic E-state index is 0.955. The fraction of sp³-hybridized carbons (Fsp3) is 0.0909.